The molecule has 21 heavy (non-hydrogen) atoms. The van der Waals surface area contributed by atoms with E-state index in [4.69, 9.17) is 14.2 Å². The number of nitroso groups, excluding NO2 is 1. The second-order valence-electron chi connectivity index (χ2n) is 4.26. The van der Waals surface area contributed by atoms with Crippen LogP contribution in [0.4, 0.5) is 0 Å². The Morgan fingerprint density at radius 1 is 0.762 bits per heavy atom. The monoisotopic (exact) mass is 303 g/mol. The normalized spacial score (nSPS) is 10.6. The van der Waals surface area contributed by atoms with Gasteiger partial charge in [-0.15, -0.1) is 0 Å². The fourth-order valence-corrected chi connectivity index (χ4v) is 1.73. The van der Waals surface area contributed by atoms with Crippen molar-refractivity contribution in [3.8, 4) is 0 Å². The molecule has 0 heterocycles. The van der Waals surface area contributed by atoms with Gasteiger partial charge in [0.25, 0.3) is 0 Å². The van der Waals surface area contributed by atoms with E-state index >= 15 is 0 Å². The van der Waals surface area contributed by atoms with Crippen molar-refractivity contribution in [1.29, 1.82) is 0 Å². The Balaban J connectivity index is 5.07. The van der Waals surface area contributed by atoms with Crippen molar-refractivity contribution in [3.05, 3.63) is 4.91 Å². The van der Waals surface area contributed by atoms with Gasteiger partial charge in [-0.2, -0.15) is 4.91 Å². The van der Waals surface area contributed by atoms with Crippen LogP contribution in [-0.4, -0.2) is 43.3 Å². The van der Waals surface area contributed by atoms with Crippen molar-refractivity contribution in [1.82, 2.24) is 0 Å². The number of hydrogen-bond donors (Lipinski definition) is 0. The van der Waals surface area contributed by atoms with Crippen molar-refractivity contribution < 1.29 is 28.6 Å². The van der Waals surface area contributed by atoms with Gasteiger partial charge in [-0.1, -0.05) is 5.18 Å². The fourth-order valence-electron chi connectivity index (χ4n) is 1.73. The third-order valence-electron chi connectivity index (χ3n) is 2.53. The van der Waals surface area contributed by atoms with Crippen molar-refractivity contribution in [2.24, 2.45) is 5.18 Å². The van der Waals surface area contributed by atoms with E-state index in [0.717, 1.165) is 0 Å². The Morgan fingerprint density at radius 2 is 1.05 bits per heavy atom. The molecule has 0 rings (SSSR count). The molecule has 0 bridgehead atoms. The highest BCUT2D eigenvalue weighted by Gasteiger charge is 2.41. The maximum atomic E-state index is 11.6. The number of esters is 3. The average Bonchev–Trinajstić information content (AvgIpc) is 2.39. The second kappa shape index (κ2) is 9.84. The first-order valence-corrected chi connectivity index (χ1v) is 6.74. The molecule has 8 nitrogen and oxygen atoms in total. The van der Waals surface area contributed by atoms with Crippen LogP contribution in [0.1, 0.15) is 40.0 Å². The van der Waals surface area contributed by atoms with Gasteiger partial charge < -0.3 is 14.2 Å². The van der Waals surface area contributed by atoms with Crippen LogP contribution in [-0.2, 0) is 28.6 Å². The Hall–Kier alpha value is -1.99. The summed E-state index contributed by atoms with van der Waals surface area (Å²) in [7, 11) is 0. The highest BCUT2D eigenvalue weighted by atomic mass is 16.5. The van der Waals surface area contributed by atoms with Crippen LogP contribution in [0, 0.1) is 4.91 Å². The SMILES string of the molecule is CCOC(=O)CC(CC(=O)OCC)(CC(=O)OCC)N=O. The molecule has 0 radical (unpaired) electrons. The smallest absolute Gasteiger partial charge is 0.308 e. The second-order valence-corrected chi connectivity index (χ2v) is 4.26. The molecular formula is C13H21NO7. The zero-order valence-corrected chi connectivity index (χ0v) is 12.5. The molecule has 0 aromatic heterocycles. The van der Waals surface area contributed by atoms with Crippen LogP contribution in [0.15, 0.2) is 5.18 Å². The van der Waals surface area contributed by atoms with E-state index in [2.05, 4.69) is 5.18 Å². The third-order valence-corrected chi connectivity index (χ3v) is 2.53. The van der Waals surface area contributed by atoms with Gasteiger partial charge in [0, 0.05) is 0 Å². The minimum absolute atomic E-state index is 0.118. The van der Waals surface area contributed by atoms with Crippen LogP contribution in [0.25, 0.3) is 0 Å². The lowest BCUT2D eigenvalue weighted by Crippen LogP contribution is -2.36. The summed E-state index contributed by atoms with van der Waals surface area (Å²) in [5.41, 5.74) is -1.75. The third kappa shape index (κ3) is 7.38. The molecule has 0 N–H and O–H groups in total. The molecule has 0 fully saturated rings. The van der Waals surface area contributed by atoms with Gasteiger partial charge in [0.2, 0.25) is 0 Å². The molecular weight excluding hydrogens is 282 g/mol. The van der Waals surface area contributed by atoms with Gasteiger partial charge in [-0.25, -0.2) is 0 Å². The number of carbonyl (C=O) groups is 3. The molecule has 0 spiro atoms. The lowest BCUT2D eigenvalue weighted by Gasteiger charge is -2.23. The van der Waals surface area contributed by atoms with Crippen LogP contribution in [0.2, 0.25) is 0 Å². The molecule has 0 aliphatic carbocycles. The summed E-state index contributed by atoms with van der Waals surface area (Å²) < 4.78 is 14.2. The molecule has 0 aromatic carbocycles. The van der Waals surface area contributed by atoms with Gasteiger partial charge in [-0.3, -0.25) is 14.4 Å². The number of carbonyl (C=O) groups excluding carboxylic acids is 3. The van der Waals surface area contributed by atoms with Gasteiger partial charge in [0.05, 0.1) is 39.1 Å². The Bertz CT molecular complexity index is 330. The van der Waals surface area contributed by atoms with Crippen LogP contribution in [0.3, 0.4) is 0 Å². The van der Waals surface area contributed by atoms with E-state index in [-0.39, 0.29) is 19.8 Å². The van der Waals surface area contributed by atoms with Gasteiger partial charge in [0.1, 0.15) is 5.54 Å². The number of hydrogen-bond acceptors (Lipinski definition) is 8. The zero-order valence-electron chi connectivity index (χ0n) is 12.5. The number of rotatable bonds is 10. The number of ether oxygens (including phenoxy) is 3. The minimum atomic E-state index is -1.75. The molecule has 0 saturated carbocycles. The van der Waals surface area contributed by atoms with E-state index in [1.165, 1.54) is 0 Å². The maximum Gasteiger partial charge on any atom is 0.308 e. The Kier molecular flexibility index (Phi) is 8.91. The van der Waals surface area contributed by atoms with E-state index < -0.39 is 42.7 Å². The molecule has 8 heteroatoms. The topological polar surface area (TPSA) is 108 Å². The van der Waals surface area contributed by atoms with Crippen LogP contribution < -0.4 is 0 Å². The fraction of sp³-hybridized carbons (Fsp3) is 0.769. The van der Waals surface area contributed by atoms with E-state index in [1.54, 1.807) is 20.8 Å². The van der Waals surface area contributed by atoms with Crippen LogP contribution in [0.5, 0.6) is 0 Å². The molecule has 0 amide bonds. The summed E-state index contributed by atoms with van der Waals surface area (Å²) in [6, 6.07) is 0. The molecule has 0 atom stereocenters. The first-order chi connectivity index (χ1) is 9.92. The van der Waals surface area contributed by atoms with Crippen molar-refractivity contribution in [2.45, 2.75) is 45.6 Å². The van der Waals surface area contributed by atoms with Gasteiger partial charge >= 0.3 is 17.9 Å². The van der Waals surface area contributed by atoms with Crippen molar-refractivity contribution >= 4 is 17.9 Å². The quantitative estimate of drug-likeness (QED) is 0.340. The van der Waals surface area contributed by atoms with E-state index in [1.807, 2.05) is 0 Å². The lowest BCUT2D eigenvalue weighted by molar-refractivity contribution is -0.150. The highest BCUT2D eigenvalue weighted by molar-refractivity contribution is 5.79. The lowest BCUT2D eigenvalue weighted by atomic mass is 9.88. The first-order valence-electron chi connectivity index (χ1n) is 6.74. The summed E-state index contributed by atoms with van der Waals surface area (Å²) in [5.74, 6) is -2.15. The molecule has 120 valence electrons. The Labute approximate surface area is 123 Å². The minimum Gasteiger partial charge on any atom is -0.466 e. The van der Waals surface area contributed by atoms with Crippen molar-refractivity contribution in [2.75, 3.05) is 19.8 Å². The molecule has 0 saturated heterocycles. The van der Waals surface area contributed by atoms with Gasteiger partial charge in [-0.05, 0) is 20.8 Å². The molecule has 0 aliphatic heterocycles. The zero-order chi connectivity index (χ0) is 16.3. The van der Waals surface area contributed by atoms with Crippen molar-refractivity contribution in [3.63, 3.8) is 0 Å². The van der Waals surface area contributed by atoms with E-state index in [0.29, 0.717) is 0 Å². The highest BCUT2D eigenvalue weighted by Crippen LogP contribution is 2.27. The summed E-state index contributed by atoms with van der Waals surface area (Å²) in [5, 5.41) is 2.83. The standard InChI is InChI=1S/C13H21NO7/c1-4-19-10(15)7-13(14-18,8-11(16)20-5-2)9-12(17)21-6-3/h4-9H2,1-3H3. The van der Waals surface area contributed by atoms with Crippen LogP contribution >= 0.6 is 0 Å². The molecule has 0 aromatic rings. The van der Waals surface area contributed by atoms with Gasteiger partial charge in [0.15, 0.2) is 0 Å². The summed E-state index contributed by atoms with van der Waals surface area (Å²) >= 11 is 0. The summed E-state index contributed by atoms with van der Waals surface area (Å²) in [6.45, 7) is 5.16. The average molecular weight is 303 g/mol. The largest absolute Gasteiger partial charge is 0.466 e. The predicted octanol–water partition coefficient (Wildman–Crippen LogP) is 1.35. The summed E-state index contributed by atoms with van der Waals surface area (Å²) in [6.07, 6.45) is -1.45. The Morgan fingerprint density at radius 3 is 1.24 bits per heavy atom. The molecule has 0 aliphatic rings. The first kappa shape index (κ1) is 19.0. The predicted molar refractivity (Wildman–Crippen MR) is 72.3 cm³/mol. The summed E-state index contributed by atoms with van der Waals surface area (Å²) in [4.78, 5) is 45.9. The van der Waals surface area contributed by atoms with E-state index in [9.17, 15) is 19.3 Å². The molecule has 0 unspecified atom stereocenters. The number of nitrogens with zero attached hydrogens (tertiary/aromatic N) is 1. The maximum absolute atomic E-state index is 11.6.